The number of H-pyrrole nitrogens is 1. The van der Waals surface area contributed by atoms with Crippen LogP contribution in [0.2, 0.25) is 0 Å². The molecule has 0 spiro atoms. The Bertz CT molecular complexity index is 755. The lowest BCUT2D eigenvalue weighted by atomic mass is 9.65. The van der Waals surface area contributed by atoms with Gasteiger partial charge < -0.3 is 9.72 Å². The van der Waals surface area contributed by atoms with Gasteiger partial charge in [-0.1, -0.05) is 13.3 Å². The van der Waals surface area contributed by atoms with E-state index < -0.39 is 0 Å². The van der Waals surface area contributed by atoms with E-state index in [1.54, 1.807) is 18.4 Å². The third kappa shape index (κ3) is 2.21. The summed E-state index contributed by atoms with van der Waals surface area (Å²) in [4.78, 5) is 6.63. The van der Waals surface area contributed by atoms with Crippen LogP contribution >= 0.6 is 12.4 Å². The fourth-order valence-electron chi connectivity index (χ4n) is 5.80. The van der Waals surface area contributed by atoms with E-state index in [0.29, 0.717) is 5.92 Å². The Morgan fingerprint density at radius 2 is 2.17 bits per heavy atom. The molecule has 5 atom stereocenters. The van der Waals surface area contributed by atoms with Crippen molar-refractivity contribution < 1.29 is 4.74 Å². The van der Waals surface area contributed by atoms with E-state index in [2.05, 4.69) is 35.0 Å². The number of benzene rings is 1. The number of halogens is 1. The summed E-state index contributed by atoms with van der Waals surface area (Å²) >= 11 is 0. The Morgan fingerprint density at radius 3 is 2.96 bits per heavy atom. The van der Waals surface area contributed by atoms with Crippen molar-refractivity contribution in [2.75, 3.05) is 20.2 Å². The minimum absolute atomic E-state index is 0. The quantitative estimate of drug-likeness (QED) is 0.875. The summed E-state index contributed by atoms with van der Waals surface area (Å²) in [6, 6.07) is 7.26. The van der Waals surface area contributed by atoms with E-state index >= 15 is 0 Å². The van der Waals surface area contributed by atoms with E-state index in [4.69, 9.17) is 4.74 Å². The molecule has 0 amide bonds. The number of rotatable bonds is 2. The molecule has 4 bridgehead atoms. The lowest BCUT2D eigenvalue weighted by molar-refractivity contribution is -0.0134. The van der Waals surface area contributed by atoms with Crippen molar-refractivity contribution in [1.29, 1.82) is 0 Å². The maximum atomic E-state index is 5.46. The number of piperidine rings is 2. The lowest BCUT2D eigenvalue weighted by Gasteiger charge is -2.53. The molecule has 0 radical (unpaired) electrons. The molecule has 1 N–H and O–H groups in total. The summed E-state index contributed by atoms with van der Waals surface area (Å²) in [6.07, 6.45) is 5.35. The summed E-state index contributed by atoms with van der Waals surface area (Å²) in [7, 11) is 1.76. The molecular formula is C20H27ClN2O. The van der Waals surface area contributed by atoms with Gasteiger partial charge in [0.25, 0.3) is 0 Å². The Hall–Kier alpha value is -1.19. The number of aromatic nitrogens is 1. The van der Waals surface area contributed by atoms with Gasteiger partial charge in [-0.3, -0.25) is 4.90 Å². The maximum Gasteiger partial charge on any atom is 0.119 e. The van der Waals surface area contributed by atoms with Crippen molar-refractivity contribution in [3.8, 4) is 5.75 Å². The molecule has 6 rings (SSSR count). The molecule has 1 aliphatic carbocycles. The molecule has 4 heterocycles. The minimum atomic E-state index is 0. The van der Waals surface area contributed by atoms with Crippen molar-refractivity contribution in [2.45, 2.75) is 44.6 Å². The van der Waals surface area contributed by atoms with Crippen LogP contribution in [-0.4, -0.2) is 36.1 Å². The summed E-state index contributed by atoms with van der Waals surface area (Å²) in [6.45, 7) is 4.95. The van der Waals surface area contributed by atoms with Gasteiger partial charge in [0.1, 0.15) is 5.75 Å². The zero-order chi connectivity index (χ0) is 15.6. The van der Waals surface area contributed by atoms with E-state index in [-0.39, 0.29) is 12.4 Å². The fourth-order valence-corrected chi connectivity index (χ4v) is 5.80. The third-order valence-corrected chi connectivity index (χ3v) is 6.72. The van der Waals surface area contributed by atoms with Crippen LogP contribution in [-0.2, 0) is 6.42 Å². The normalized spacial score (nSPS) is 33.7. The Labute approximate surface area is 150 Å². The van der Waals surface area contributed by atoms with Gasteiger partial charge in [0, 0.05) is 41.6 Å². The van der Waals surface area contributed by atoms with Crippen LogP contribution < -0.4 is 4.74 Å². The maximum absolute atomic E-state index is 5.46. The second-order valence-electron chi connectivity index (χ2n) is 7.78. The van der Waals surface area contributed by atoms with E-state index in [1.807, 2.05) is 0 Å². The largest absolute Gasteiger partial charge is 0.497 e. The first-order valence-electron chi connectivity index (χ1n) is 9.21. The average molecular weight is 347 g/mol. The summed E-state index contributed by atoms with van der Waals surface area (Å²) in [5, 5.41) is 1.39. The summed E-state index contributed by atoms with van der Waals surface area (Å²) in [5.74, 6) is 3.48. The summed E-state index contributed by atoms with van der Waals surface area (Å²) in [5.41, 5.74) is 4.40. The monoisotopic (exact) mass is 346 g/mol. The van der Waals surface area contributed by atoms with Gasteiger partial charge in [0.2, 0.25) is 0 Å². The molecule has 24 heavy (non-hydrogen) atoms. The second-order valence-corrected chi connectivity index (χ2v) is 7.78. The topological polar surface area (TPSA) is 28.3 Å². The summed E-state index contributed by atoms with van der Waals surface area (Å²) < 4.78 is 5.46. The number of ether oxygens (including phenoxy) is 1. The fraction of sp³-hybridized carbons (Fsp3) is 0.600. The first-order valence-corrected chi connectivity index (χ1v) is 9.21. The molecule has 2 aromatic rings. The highest BCUT2D eigenvalue weighted by Crippen LogP contribution is 2.51. The van der Waals surface area contributed by atoms with Crippen molar-refractivity contribution in [1.82, 2.24) is 9.88 Å². The van der Waals surface area contributed by atoms with Crippen molar-refractivity contribution >= 4 is 23.3 Å². The van der Waals surface area contributed by atoms with Crippen molar-refractivity contribution in [3.05, 3.63) is 29.5 Å². The SMILES string of the molecule is CC[C@H]1C[C@@H]2C[C@H]3c4[nH]c5ccc(OC)cc5c4CC[N@@](C2)[C@@H]13.Cl. The Morgan fingerprint density at radius 1 is 1.29 bits per heavy atom. The van der Waals surface area contributed by atoms with Gasteiger partial charge in [0.15, 0.2) is 0 Å². The number of aromatic amines is 1. The molecular weight excluding hydrogens is 320 g/mol. The average Bonchev–Trinajstić information content (AvgIpc) is 2.92. The van der Waals surface area contributed by atoms with Crippen LogP contribution in [0, 0.1) is 11.8 Å². The van der Waals surface area contributed by atoms with E-state index in [1.165, 1.54) is 49.7 Å². The lowest BCUT2D eigenvalue weighted by Crippen LogP contribution is -2.56. The van der Waals surface area contributed by atoms with E-state index in [0.717, 1.165) is 23.6 Å². The van der Waals surface area contributed by atoms with Crippen LogP contribution in [0.15, 0.2) is 18.2 Å². The zero-order valence-corrected chi connectivity index (χ0v) is 15.4. The number of methoxy groups -OCH3 is 1. The molecule has 4 heteroatoms. The molecule has 3 nitrogen and oxygen atoms in total. The van der Waals surface area contributed by atoms with Gasteiger partial charge in [0.05, 0.1) is 7.11 Å². The van der Waals surface area contributed by atoms with Crippen LogP contribution in [0.25, 0.3) is 10.9 Å². The second kappa shape index (κ2) is 5.96. The molecule has 3 aliphatic heterocycles. The van der Waals surface area contributed by atoms with Gasteiger partial charge in [-0.2, -0.15) is 0 Å². The Balaban J connectivity index is 0.00000146. The van der Waals surface area contributed by atoms with Crippen LogP contribution in [0.3, 0.4) is 0 Å². The first kappa shape index (κ1) is 16.3. The Kier molecular flexibility index (Phi) is 4.04. The van der Waals surface area contributed by atoms with Crippen molar-refractivity contribution in [3.63, 3.8) is 0 Å². The highest BCUT2D eigenvalue weighted by molar-refractivity contribution is 5.86. The van der Waals surface area contributed by atoms with Gasteiger partial charge in [-0.15, -0.1) is 12.4 Å². The smallest absolute Gasteiger partial charge is 0.119 e. The molecule has 3 fully saturated rings. The van der Waals surface area contributed by atoms with Gasteiger partial charge >= 0.3 is 0 Å². The van der Waals surface area contributed by atoms with Crippen LogP contribution in [0.5, 0.6) is 5.75 Å². The molecule has 2 saturated heterocycles. The number of hydrogen-bond donors (Lipinski definition) is 1. The highest BCUT2D eigenvalue weighted by Gasteiger charge is 2.48. The number of hydrogen-bond acceptors (Lipinski definition) is 2. The van der Waals surface area contributed by atoms with Crippen LogP contribution in [0.1, 0.15) is 43.4 Å². The molecule has 1 aromatic heterocycles. The number of fused-ring (bicyclic) bond motifs is 4. The molecule has 130 valence electrons. The number of nitrogens with one attached hydrogen (secondary N) is 1. The van der Waals surface area contributed by atoms with Crippen molar-refractivity contribution in [2.24, 2.45) is 11.8 Å². The predicted octanol–water partition coefficient (Wildman–Crippen LogP) is 4.36. The number of nitrogens with zero attached hydrogens (tertiary/aromatic N) is 1. The molecule has 0 unspecified atom stereocenters. The highest BCUT2D eigenvalue weighted by atomic mass is 35.5. The zero-order valence-electron chi connectivity index (χ0n) is 14.5. The minimum Gasteiger partial charge on any atom is -0.497 e. The molecule has 4 aliphatic rings. The van der Waals surface area contributed by atoms with Gasteiger partial charge in [-0.25, -0.2) is 0 Å². The predicted molar refractivity (Wildman–Crippen MR) is 100 cm³/mol. The van der Waals surface area contributed by atoms with E-state index in [9.17, 15) is 0 Å². The van der Waals surface area contributed by atoms with Gasteiger partial charge in [-0.05, 0) is 54.9 Å². The third-order valence-electron chi connectivity index (χ3n) is 6.72. The molecule has 1 aromatic carbocycles. The standard InChI is InChI=1S/C20H26N2O.ClH/c1-3-13-8-12-9-17-19-15(6-7-22(11-12)20(13)17)16-10-14(23-2)4-5-18(16)21-19;/h4-5,10,12-13,17,20-21H,3,6-9,11H2,1-2H3;1H/t12-,13+,17+,20+;/m1./s1. The molecule has 1 saturated carbocycles. The first-order chi connectivity index (χ1) is 11.3. The van der Waals surface area contributed by atoms with Crippen LogP contribution in [0.4, 0.5) is 0 Å².